The minimum absolute atomic E-state index is 0.122. The van der Waals surface area contributed by atoms with Crippen molar-refractivity contribution < 1.29 is 17.9 Å². The van der Waals surface area contributed by atoms with E-state index in [1.807, 2.05) is 13.8 Å². The number of rotatable bonds is 4. The van der Waals surface area contributed by atoms with Crippen LogP contribution in [0.15, 0.2) is 17.0 Å². The first-order valence-electron chi connectivity index (χ1n) is 6.47. The maximum absolute atomic E-state index is 12.7. The van der Waals surface area contributed by atoms with Crippen LogP contribution in [-0.2, 0) is 14.8 Å². The third-order valence-electron chi connectivity index (χ3n) is 3.11. The van der Waals surface area contributed by atoms with Crippen LogP contribution in [0.3, 0.4) is 0 Å². The molecule has 1 saturated heterocycles. The van der Waals surface area contributed by atoms with Crippen LogP contribution in [0, 0.1) is 6.92 Å². The minimum Gasteiger partial charge on any atom is -0.492 e. The van der Waals surface area contributed by atoms with Gasteiger partial charge in [0.15, 0.2) is 0 Å². The van der Waals surface area contributed by atoms with Crippen LogP contribution >= 0.6 is 11.6 Å². The molecule has 0 aromatic heterocycles. The monoisotopic (exact) mass is 319 g/mol. The molecule has 20 heavy (non-hydrogen) atoms. The van der Waals surface area contributed by atoms with Gasteiger partial charge in [0.25, 0.3) is 0 Å². The maximum Gasteiger partial charge on any atom is 0.246 e. The predicted molar refractivity (Wildman–Crippen MR) is 76.9 cm³/mol. The summed E-state index contributed by atoms with van der Waals surface area (Å²) in [6.45, 7) is 5.53. The summed E-state index contributed by atoms with van der Waals surface area (Å²) in [5.41, 5.74) is 0.788. The van der Waals surface area contributed by atoms with E-state index in [0.717, 1.165) is 5.56 Å². The summed E-state index contributed by atoms with van der Waals surface area (Å²) in [6, 6.07) is 3.13. The second kappa shape index (κ2) is 6.30. The molecule has 7 heteroatoms. The summed E-state index contributed by atoms with van der Waals surface area (Å²) in [5, 5.41) is 0.417. The van der Waals surface area contributed by atoms with Gasteiger partial charge in [-0.3, -0.25) is 0 Å². The molecule has 0 atom stereocenters. The predicted octanol–water partition coefficient (Wildman–Crippen LogP) is 2.07. The Morgan fingerprint density at radius 2 is 2.00 bits per heavy atom. The molecular weight excluding hydrogens is 302 g/mol. The molecule has 0 saturated carbocycles. The smallest absolute Gasteiger partial charge is 0.246 e. The van der Waals surface area contributed by atoms with Crippen molar-refractivity contribution in [1.82, 2.24) is 4.31 Å². The zero-order valence-corrected chi connectivity index (χ0v) is 13.1. The van der Waals surface area contributed by atoms with Crippen LogP contribution in [0.2, 0.25) is 5.02 Å². The van der Waals surface area contributed by atoms with Crippen LogP contribution in [0.5, 0.6) is 5.75 Å². The first kappa shape index (κ1) is 15.6. The molecule has 1 aromatic carbocycles. The highest BCUT2D eigenvalue weighted by atomic mass is 35.5. The van der Waals surface area contributed by atoms with Crippen molar-refractivity contribution in [2.24, 2.45) is 0 Å². The molecule has 1 fully saturated rings. The van der Waals surface area contributed by atoms with E-state index in [1.165, 1.54) is 10.4 Å². The van der Waals surface area contributed by atoms with Gasteiger partial charge in [0.05, 0.1) is 19.8 Å². The third-order valence-corrected chi connectivity index (χ3v) is 5.44. The average molecular weight is 320 g/mol. The first-order valence-corrected chi connectivity index (χ1v) is 8.29. The first-order chi connectivity index (χ1) is 9.46. The van der Waals surface area contributed by atoms with Crippen molar-refractivity contribution in [3.63, 3.8) is 0 Å². The number of benzene rings is 1. The molecule has 1 aromatic rings. The standard InChI is InChI=1S/C13H18ClNO4S/c1-3-19-12-8-10(2)11(14)9-13(12)20(16,17)15-4-6-18-7-5-15/h8-9H,3-7H2,1-2H3. The lowest BCUT2D eigenvalue weighted by Crippen LogP contribution is -2.40. The molecule has 1 aliphatic heterocycles. The Bertz CT molecular complexity index is 582. The van der Waals surface area contributed by atoms with Crippen molar-refractivity contribution in [3.8, 4) is 5.75 Å². The Morgan fingerprint density at radius 1 is 1.35 bits per heavy atom. The highest BCUT2D eigenvalue weighted by Gasteiger charge is 2.29. The van der Waals surface area contributed by atoms with E-state index in [0.29, 0.717) is 43.7 Å². The van der Waals surface area contributed by atoms with Gasteiger partial charge < -0.3 is 9.47 Å². The fourth-order valence-electron chi connectivity index (χ4n) is 2.03. The van der Waals surface area contributed by atoms with E-state index < -0.39 is 10.0 Å². The van der Waals surface area contributed by atoms with Gasteiger partial charge in [-0.15, -0.1) is 0 Å². The van der Waals surface area contributed by atoms with Gasteiger partial charge in [0.2, 0.25) is 10.0 Å². The van der Waals surface area contributed by atoms with E-state index in [1.54, 1.807) is 6.07 Å². The largest absolute Gasteiger partial charge is 0.492 e. The van der Waals surface area contributed by atoms with Gasteiger partial charge in [-0.05, 0) is 31.5 Å². The Morgan fingerprint density at radius 3 is 2.60 bits per heavy atom. The number of sulfonamides is 1. The van der Waals surface area contributed by atoms with Gasteiger partial charge in [0, 0.05) is 18.1 Å². The Balaban J connectivity index is 2.46. The van der Waals surface area contributed by atoms with Gasteiger partial charge in [-0.1, -0.05) is 11.6 Å². The molecule has 1 aliphatic rings. The molecule has 0 amide bonds. The zero-order valence-electron chi connectivity index (χ0n) is 11.6. The van der Waals surface area contributed by atoms with Gasteiger partial charge in [0.1, 0.15) is 10.6 Å². The normalized spacial score (nSPS) is 17.1. The van der Waals surface area contributed by atoms with Crippen molar-refractivity contribution in [2.75, 3.05) is 32.9 Å². The van der Waals surface area contributed by atoms with E-state index >= 15 is 0 Å². The van der Waals surface area contributed by atoms with Crippen molar-refractivity contribution in [3.05, 3.63) is 22.7 Å². The number of morpholine rings is 1. The van der Waals surface area contributed by atoms with E-state index in [-0.39, 0.29) is 4.90 Å². The van der Waals surface area contributed by atoms with Crippen LogP contribution < -0.4 is 4.74 Å². The summed E-state index contributed by atoms with van der Waals surface area (Å²) in [6.07, 6.45) is 0. The van der Waals surface area contributed by atoms with E-state index in [2.05, 4.69) is 0 Å². The lowest BCUT2D eigenvalue weighted by Gasteiger charge is -2.27. The number of aryl methyl sites for hydroxylation is 1. The summed E-state index contributed by atoms with van der Waals surface area (Å²) < 4.78 is 37.4. The molecule has 1 heterocycles. The Labute approximate surface area is 124 Å². The minimum atomic E-state index is -3.61. The SMILES string of the molecule is CCOc1cc(C)c(Cl)cc1S(=O)(=O)N1CCOCC1. The summed E-state index contributed by atoms with van der Waals surface area (Å²) in [4.78, 5) is 0.122. The molecule has 0 radical (unpaired) electrons. The Hall–Kier alpha value is -0.820. The zero-order chi connectivity index (χ0) is 14.8. The van der Waals surface area contributed by atoms with Crippen molar-refractivity contribution in [1.29, 1.82) is 0 Å². The molecule has 0 aliphatic carbocycles. The van der Waals surface area contributed by atoms with Gasteiger partial charge in [-0.25, -0.2) is 8.42 Å². The highest BCUT2D eigenvalue weighted by Crippen LogP contribution is 2.32. The third kappa shape index (κ3) is 3.09. The molecule has 0 spiro atoms. The molecule has 0 bridgehead atoms. The summed E-state index contributed by atoms with van der Waals surface area (Å²) in [5.74, 6) is 0.348. The molecule has 2 rings (SSSR count). The number of hydrogen-bond donors (Lipinski definition) is 0. The van der Waals surface area contributed by atoms with Gasteiger partial charge >= 0.3 is 0 Å². The van der Waals surface area contributed by atoms with Crippen LogP contribution in [0.25, 0.3) is 0 Å². The van der Waals surface area contributed by atoms with Crippen LogP contribution in [0.1, 0.15) is 12.5 Å². The summed E-state index contributed by atoms with van der Waals surface area (Å²) >= 11 is 6.07. The van der Waals surface area contributed by atoms with Crippen molar-refractivity contribution in [2.45, 2.75) is 18.7 Å². The quantitative estimate of drug-likeness (QED) is 0.852. The fraction of sp³-hybridized carbons (Fsp3) is 0.538. The Kier molecular flexibility index (Phi) is 4.90. The lowest BCUT2D eigenvalue weighted by atomic mass is 10.2. The van der Waals surface area contributed by atoms with Crippen LogP contribution in [-0.4, -0.2) is 45.6 Å². The van der Waals surface area contributed by atoms with E-state index in [4.69, 9.17) is 21.1 Å². The molecule has 5 nitrogen and oxygen atoms in total. The molecule has 0 unspecified atom stereocenters. The van der Waals surface area contributed by atoms with E-state index in [9.17, 15) is 8.42 Å². The van der Waals surface area contributed by atoms with Gasteiger partial charge in [-0.2, -0.15) is 4.31 Å². The number of halogens is 1. The molecular formula is C13H18ClNO4S. The topological polar surface area (TPSA) is 55.8 Å². The van der Waals surface area contributed by atoms with Crippen molar-refractivity contribution >= 4 is 21.6 Å². The fourth-order valence-corrected chi connectivity index (χ4v) is 3.81. The second-order valence-corrected chi connectivity index (χ2v) is 6.81. The maximum atomic E-state index is 12.7. The molecule has 0 N–H and O–H groups in total. The second-order valence-electron chi connectivity index (χ2n) is 4.50. The highest BCUT2D eigenvalue weighted by molar-refractivity contribution is 7.89. The molecule has 112 valence electrons. The van der Waals surface area contributed by atoms with Crippen LogP contribution in [0.4, 0.5) is 0 Å². The number of hydrogen-bond acceptors (Lipinski definition) is 4. The number of ether oxygens (including phenoxy) is 2. The average Bonchev–Trinajstić information content (AvgIpc) is 2.43. The lowest BCUT2D eigenvalue weighted by molar-refractivity contribution is 0.0729. The summed E-state index contributed by atoms with van der Waals surface area (Å²) in [7, 11) is -3.61. The number of nitrogens with zero attached hydrogens (tertiary/aromatic N) is 1.